The minimum atomic E-state index is -0.440. The van der Waals surface area contributed by atoms with Gasteiger partial charge in [-0.25, -0.2) is 9.78 Å². The number of carbonyl (C=O) groups excluding carboxylic acids is 1. The maximum Gasteiger partial charge on any atom is 0.356 e. The van der Waals surface area contributed by atoms with E-state index in [1.807, 2.05) is 0 Å². The molecule has 2 aromatic heterocycles. The molecule has 2 aromatic rings. The van der Waals surface area contributed by atoms with Gasteiger partial charge in [-0.1, -0.05) is 0 Å². The van der Waals surface area contributed by atoms with E-state index in [0.717, 1.165) is 0 Å². The number of esters is 1. The fourth-order valence-electron chi connectivity index (χ4n) is 1.37. The van der Waals surface area contributed by atoms with Crippen molar-refractivity contribution in [3.8, 4) is 0 Å². The molecule has 15 heavy (non-hydrogen) atoms. The molecular formula is C9H8BrN3O2. The van der Waals surface area contributed by atoms with Crippen molar-refractivity contribution < 1.29 is 9.53 Å². The second-order valence-electron chi connectivity index (χ2n) is 2.91. The van der Waals surface area contributed by atoms with Crippen LogP contribution in [0.4, 0.5) is 5.69 Å². The maximum absolute atomic E-state index is 11.5. The quantitative estimate of drug-likeness (QED) is 0.796. The van der Waals surface area contributed by atoms with Crippen molar-refractivity contribution in [2.24, 2.45) is 0 Å². The number of halogens is 1. The fraction of sp³-hybridized carbons (Fsp3) is 0.111. The van der Waals surface area contributed by atoms with Crippen LogP contribution in [0, 0.1) is 0 Å². The topological polar surface area (TPSA) is 69.6 Å². The SMILES string of the molecule is COC(=O)c1c(Br)cc(N)c2nccn12. The molecular weight excluding hydrogens is 262 g/mol. The molecule has 0 unspecified atom stereocenters. The lowest BCUT2D eigenvalue weighted by molar-refractivity contribution is 0.0591. The predicted octanol–water partition coefficient (Wildman–Crippen LogP) is 1.47. The summed E-state index contributed by atoms with van der Waals surface area (Å²) in [4.78, 5) is 15.6. The van der Waals surface area contributed by atoms with Crippen molar-refractivity contribution in [1.82, 2.24) is 9.38 Å². The first kappa shape index (κ1) is 9.97. The van der Waals surface area contributed by atoms with Crippen LogP contribution in [0.25, 0.3) is 5.65 Å². The van der Waals surface area contributed by atoms with Crippen molar-refractivity contribution in [1.29, 1.82) is 0 Å². The molecule has 2 rings (SSSR count). The van der Waals surface area contributed by atoms with Gasteiger partial charge in [-0.3, -0.25) is 4.40 Å². The van der Waals surface area contributed by atoms with Gasteiger partial charge in [0.1, 0.15) is 5.69 Å². The van der Waals surface area contributed by atoms with Gasteiger partial charge in [-0.15, -0.1) is 0 Å². The molecule has 0 atom stereocenters. The lowest BCUT2D eigenvalue weighted by Crippen LogP contribution is -2.10. The van der Waals surface area contributed by atoms with E-state index in [0.29, 0.717) is 21.5 Å². The zero-order valence-corrected chi connectivity index (χ0v) is 9.48. The Morgan fingerprint density at radius 1 is 1.67 bits per heavy atom. The average molecular weight is 270 g/mol. The molecule has 0 radical (unpaired) electrons. The highest BCUT2D eigenvalue weighted by molar-refractivity contribution is 9.10. The number of nitrogen functional groups attached to an aromatic ring is 1. The third-order valence-corrected chi connectivity index (χ3v) is 2.63. The monoisotopic (exact) mass is 269 g/mol. The summed E-state index contributed by atoms with van der Waals surface area (Å²) in [5, 5.41) is 0. The van der Waals surface area contributed by atoms with Crippen molar-refractivity contribution >= 4 is 33.2 Å². The van der Waals surface area contributed by atoms with Crippen LogP contribution in [0.2, 0.25) is 0 Å². The Kier molecular flexibility index (Phi) is 2.36. The Morgan fingerprint density at radius 3 is 3.07 bits per heavy atom. The van der Waals surface area contributed by atoms with E-state index >= 15 is 0 Å². The summed E-state index contributed by atoms with van der Waals surface area (Å²) in [5.74, 6) is -0.440. The van der Waals surface area contributed by atoms with Gasteiger partial charge in [0.15, 0.2) is 5.65 Å². The lowest BCUT2D eigenvalue weighted by Gasteiger charge is -2.07. The minimum absolute atomic E-state index is 0.374. The van der Waals surface area contributed by atoms with Gasteiger partial charge in [-0.2, -0.15) is 0 Å². The van der Waals surface area contributed by atoms with Gasteiger partial charge in [-0.05, 0) is 22.0 Å². The first-order valence-corrected chi connectivity index (χ1v) is 4.94. The van der Waals surface area contributed by atoms with E-state index in [2.05, 4.69) is 25.7 Å². The van der Waals surface area contributed by atoms with Gasteiger partial charge in [0.25, 0.3) is 0 Å². The van der Waals surface area contributed by atoms with Crippen LogP contribution in [-0.2, 0) is 4.74 Å². The van der Waals surface area contributed by atoms with Gasteiger partial charge in [0.2, 0.25) is 0 Å². The largest absolute Gasteiger partial charge is 0.464 e. The number of hydrogen-bond donors (Lipinski definition) is 1. The summed E-state index contributed by atoms with van der Waals surface area (Å²) in [6.07, 6.45) is 3.23. The van der Waals surface area contributed by atoms with Crippen LogP contribution in [0.1, 0.15) is 10.5 Å². The molecule has 0 saturated heterocycles. The number of nitrogens with two attached hydrogens (primary N) is 1. The maximum atomic E-state index is 11.5. The molecule has 0 spiro atoms. The van der Waals surface area contributed by atoms with E-state index in [4.69, 9.17) is 5.73 Å². The number of fused-ring (bicyclic) bond motifs is 1. The highest BCUT2D eigenvalue weighted by Crippen LogP contribution is 2.24. The Bertz CT molecular complexity index is 535. The molecule has 0 aromatic carbocycles. The third kappa shape index (κ3) is 1.46. The first-order chi connectivity index (χ1) is 7.15. The number of carbonyl (C=O) groups is 1. The van der Waals surface area contributed by atoms with Crippen molar-refractivity contribution in [3.63, 3.8) is 0 Å². The van der Waals surface area contributed by atoms with Crippen LogP contribution >= 0.6 is 15.9 Å². The van der Waals surface area contributed by atoms with E-state index in [9.17, 15) is 4.79 Å². The Morgan fingerprint density at radius 2 is 2.40 bits per heavy atom. The number of aromatic nitrogens is 2. The van der Waals surface area contributed by atoms with Gasteiger partial charge >= 0.3 is 5.97 Å². The predicted molar refractivity (Wildman–Crippen MR) is 58.6 cm³/mol. The van der Waals surface area contributed by atoms with Gasteiger partial charge in [0.05, 0.1) is 17.3 Å². The summed E-state index contributed by atoms with van der Waals surface area (Å²) < 4.78 is 6.85. The minimum Gasteiger partial charge on any atom is -0.464 e. The third-order valence-electron chi connectivity index (χ3n) is 2.03. The molecule has 0 aliphatic carbocycles. The molecule has 0 amide bonds. The normalized spacial score (nSPS) is 10.5. The van der Waals surface area contributed by atoms with Crippen molar-refractivity contribution in [2.45, 2.75) is 0 Å². The molecule has 0 aliphatic rings. The smallest absolute Gasteiger partial charge is 0.356 e. The number of pyridine rings is 1. The van der Waals surface area contributed by atoms with Crippen LogP contribution < -0.4 is 5.73 Å². The van der Waals surface area contributed by atoms with Crippen molar-refractivity contribution in [3.05, 3.63) is 28.6 Å². The number of nitrogens with zero attached hydrogens (tertiary/aromatic N) is 2. The van der Waals surface area contributed by atoms with E-state index in [-0.39, 0.29) is 0 Å². The molecule has 6 heteroatoms. The summed E-state index contributed by atoms with van der Waals surface area (Å²) >= 11 is 3.26. The highest BCUT2D eigenvalue weighted by atomic mass is 79.9. The lowest BCUT2D eigenvalue weighted by atomic mass is 10.3. The van der Waals surface area contributed by atoms with Gasteiger partial charge < -0.3 is 10.5 Å². The zero-order chi connectivity index (χ0) is 11.0. The van der Waals surface area contributed by atoms with Gasteiger partial charge in [0, 0.05) is 12.4 Å². The zero-order valence-electron chi connectivity index (χ0n) is 7.90. The number of methoxy groups -OCH3 is 1. The summed E-state index contributed by atoms with van der Waals surface area (Å²) in [7, 11) is 1.33. The molecule has 2 N–H and O–H groups in total. The molecule has 0 aliphatic heterocycles. The number of ether oxygens (including phenoxy) is 1. The first-order valence-electron chi connectivity index (χ1n) is 4.14. The Hall–Kier alpha value is -1.56. The number of anilines is 1. The summed E-state index contributed by atoms with van der Waals surface area (Å²) in [5.41, 5.74) is 7.16. The summed E-state index contributed by atoms with van der Waals surface area (Å²) in [6.45, 7) is 0. The second-order valence-corrected chi connectivity index (χ2v) is 3.76. The second kappa shape index (κ2) is 3.54. The number of rotatable bonds is 1. The molecule has 0 fully saturated rings. The molecule has 0 saturated carbocycles. The molecule has 5 nitrogen and oxygen atoms in total. The van der Waals surface area contributed by atoms with E-state index < -0.39 is 5.97 Å². The van der Waals surface area contributed by atoms with Crippen LogP contribution in [0.5, 0.6) is 0 Å². The molecule has 78 valence electrons. The van der Waals surface area contributed by atoms with Crippen LogP contribution in [0.3, 0.4) is 0 Å². The van der Waals surface area contributed by atoms with E-state index in [1.165, 1.54) is 7.11 Å². The molecule has 0 bridgehead atoms. The van der Waals surface area contributed by atoms with Crippen molar-refractivity contribution in [2.75, 3.05) is 12.8 Å². The number of imidazole rings is 1. The Labute approximate surface area is 94.0 Å². The van der Waals surface area contributed by atoms with Crippen LogP contribution in [0.15, 0.2) is 22.9 Å². The summed E-state index contributed by atoms with van der Waals surface area (Å²) in [6, 6.07) is 1.63. The van der Waals surface area contributed by atoms with E-state index in [1.54, 1.807) is 22.9 Å². The number of hydrogen-bond acceptors (Lipinski definition) is 4. The fourth-order valence-corrected chi connectivity index (χ4v) is 1.97. The highest BCUT2D eigenvalue weighted by Gasteiger charge is 2.16. The molecule has 2 heterocycles. The standard InChI is InChI=1S/C9H8BrN3O2/c1-15-9(14)7-5(10)4-6(11)8-12-2-3-13(7)8/h2-4H,11H2,1H3. The van der Waals surface area contributed by atoms with Crippen LogP contribution in [-0.4, -0.2) is 22.5 Å². The average Bonchev–Trinajstić information content (AvgIpc) is 2.66. The Balaban J connectivity index is 2.82.